The van der Waals surface area contributed by atoms with Gasteiger partial charge < -0.3 is 20.1 Å². The van der Waals surface area contributed by atoms with Crippen molar-refractivity contribution in [1.82, 2.24) is 0 Å². The van der Waals surface area contributed by atoms with E-state index in [1.807, 2.05) is 0 Å². The van der Waals surface area contributed by atoms with Gasteiger partial charge in [-0.05, 0) is 18.2 Å². The van der Waals surface area contributed by atoms with E-state index in [1.165, 1.54) is 13.2 Å². The molecule has 0 aliphatic carbocycles. The number of rotatable bonds is 4. The molecule has 1 fully saturated rings. The highest BCUT2D eigenvalue weighted by atomic mass is 19.4. The zero-order valence-electron chi connectivity index (χ0n) is 12.0. The van der Waals surface area contributed by atoms with Gasteiger partial charge in [0.25, 0.3) is 5.91 Å². The lowest BCUT2D eigenvalue weighted by Crippen LogP contribution is -2.45. The standard InChI is InChI=1S/C14H17F3N2O3/c1-21-8-10-7-19(4-5-22-10)12-3-2-9(14(15,16)17)6-11(12)13(18)20/h2-3,6,10H,4-5,7-8H2,1H3,(H2,18,20)/t10-/m0/s1. The summed E-state index contributed by atoms with van der Waals surface area (Å²) in [7, 11) is 1.54. The molecule has 1 aromatic carbocycles. The number of carbonyl (C=O) groups is 1. The van der Waals surface area contributed by atoms with Crippen LogP contribution in [0.25, 0.3) is 0 Å². The summed E-state index contributed by atoms with van der Waals surface area (Å²) in [5, 5.41) is 0. The van der Waals surface area contributed by atoms with Crippen molar-refractivity contribution >= 4 is 11.6 Å². The van der Waals surface area contributed by atoms with Crippen LogP contribution in [0.5, 0.6) is 0 Å². The van der Waals surface area contributed by atoms with Crippen molar-refractivity contribution in [3.63, 3.8) is 0 Å². The highest BCUT2D eigenvalue weighted by molar-refractivity contribution is 5.99. The fourth-order valence-electron chi connectivity index (χ4n) is 2.41. The minimum absolute atomic E-state index is 0.145. The molecule has 0 bridgehead atoms. The molecule has 2 N–H and O–H groups in total. The molecule has 8 heteroatoms. The van der Waals surface area contributed by atoms with Gasteiger partial charge in [0.1, 0.15) is 0 Å². The molecule has 0 spiro atoms. The first-order valence-corrected chi connectivity index (χ1v) is 6.69. The lowest BCUT2D eigenvalue weighted by atomic mass is 10.1. The van der Waals surface area contributed by atoms with E-state index in [4.69, 9.17) is 15.2 Å². The fourth-order valence-corrected chi connectivity index (χ4v) is 2.41. The second kappa shape index (κ2) is 6.53. The van der Waals surface area contributed by atoms with E-state index < -0.39 is 17.6 Å². The third kappa shape index (κ3) is 3.69. The largest absolute Gasteiger partial charge is 0.416 e. The summed E-state index contributed by atoms with van der Waals surface area (Å²) in [4.78, 5) is 13.3. The zero-order valence-corrected chi connectivity index (χ0v) is 12.0. The molecule has 1 atom stereocenters. The number of benzene rings is 1. The summed E-state index contributed by atoms with van der Waals surface area (Å²) in [6.07, 6.45) is -4.73. The van der Waals surface area contributed by atoms with Crippen molar-refractivity contribution in [1.29, 1.82) is 0 Å². The summed E-state index contributed by atoms with van der Waals surface area (Å²) >= 11 is 0. The van der Waals surface area contributed by atoms with Crippen molar-refractivity contribution in [2.45, 2.75) is 12.3 Å². The summed E-state index contributed by atoms with van der Waals surface area (Å²) in [6.45, 7) is 1.64. The van der Waals surface area contributed by atoms with Crippen molar-refractivity contribution in [2.24, 2.45) is 5.73 Å². The van der Waals surface area contributed by atoms with Crippen molar-refractivity contribution in [3.05, 3.63) is 29.3 Å². The number of hydrogen-bond donors (Lipinski definition) is 1. The van der Waals surface area contributed by atoms with Crippen LogP contribution < -0.4 is 10.6 Å². The van der Waals surface area contributed by atoms with E-state index in [0.717, 1.165) is 12.1 Å². The normalized spacial score (nSPS) is 19.3. The van der Waals surface area contributed by atoms with Crippen molar-refractivity contribution in [2.75, 3.05) is 38.3 Å². The minimum atomic E-state index is -4.52. The summed E-state index contributed by atoms with van der Waals surface area (Å²) in [6, 6.07) is 3.01. The number of nitrogens with two attached hydrogens (primary N) is 1. The Bertz CT molecular complexity index is 547. The molecular formula is C14H17F3N2O3. The van der Waals surface area contributed by atoms with Crippen LogP contribution in [0.3, 0.4) is 0 Å². The number of morpholine rings is 1. The maximum absolute atomic E-state index is 12.8. The summed E-state index contributed by atoms with van der Waals surface area (Å²) in [5.41, 5.74) is 4.58. The van der Waals surface area contributed by atoms with Gasteiger partial charge in [0.15, 0.2) is 0 Å². The first kappa shape index (κ1) is 16.6. The maximum Gasteiger partial charge on any atom is 0.416 e. The van der Waals surface area contributed by atoms with Gasteiger partial charge in [0.2, 0.25) is 0 Å². The van der Waals surface area contributed by atoms with Gasteiger partial charge in [-0.25, -0.2) is 0 Å². The minimum Gasteiger partial charge on any atom is -0.382 e. The zero-order chi connectivity index (χ0) is 16.3. The number of anilines is 1. The molecule has 1 aromatic rings. The Balaban J connectivity index is 2.32. The second-order valence-electron chi connectivity index (χ2n) is 4.99. The molecule has 0 radical (unpaired) electrons. The molecule has 2 rings (SSSR count). The summed E-state index contributed by atoms with van der Waals surface area (Å²) in [5.74, 6) is -0.893. The van der Waals surface area contributed by atoms with Crippen LogP contribution in [0.1, 0.15) is 15.9 Å². The van der Waals surface area contributed by atoms with Gasteiger partial charge in [-0.2, -0.15) is 13.2 Å². The number of carbonyl (C=O) groups excluding carboxylic acids is 1. The number of nitrogens with zero attached hydrogens (tertiary/aromatic N) is 1. The first-order valence-electron chi connectivity index (χ1n) is 6.69. The highest BCUT2D eigenvalue weighted by Gasteiger charge is 2.32. The molecule has 0 aromatic heterocycles. The van der Waals surface area contributed by atoms with E-state index >= 15 is 0 Å². The third-order valence-corrected chi connectivity index (χ3v) is 3.42. The molecule has 1 amide bonds. The van der Waals surface area contributed by atoms with Crippen LogP contribution in [-0.2, 0) is 15.7 Å². The number of amides is 1. The SMILES string of the molecule is COC[C@@H]1CN(c2ccc(C(F)(F)F)cc2C(N)=O)CCO1. The Hall–Kier alpha value is -1.80. The molecule has 1 aliphatic rings. The third-order valence-electron chi connectivity index (χ3n) is 3.42. The van der Waals surface area contributed by atoms with Crippen LogP contribution in [-0.4, -0.2) is 45.4 Å². The van der Waals surface area contributed by atoms with Gasteiger partial charge in [-0.15, -0.1) is 0 Å². The quantitative estimate of drug-likeness (QED) is 0.917. The topological polar surface area (TPSA) is 64.8 Å². The van der Waals surface area contributed by atoms with Gasteiger partial charge in [-0.3, -0.25) is 4.79 Å². The van der Waals surface area contributed by atoms with Gasteiger partial charge >= 0.3 is 6.18 Å². The average molecular weight is 318 g/mol. The summed E-state index contributed by atoms with van der Waals surface area (Å²) < 4.78 is 48.8. The lowest BCUT2D eigenvalue weighted by molar-refractivity contribution is -0.137. The number of primary amides is 1. The van der Waals surface area contributed by atoms with Gasteiger partial charge in [0.05, 0.1) is 30.4 Å². The number of methoxy groups -OCH3 is 1. The number of hydrogen-bond acceptors (Lipinski definition) is 4. The second-order valence-corrected chi connectivity index (χ2v) is 4.99. The maximum atomic E-state index is 12.8. The van der Waals surface area contributed by atoms with Crippen molar-refractivity contribution < 1.29 is 27.4 Å². The van der Waals surface area contributed by atoms with Crippen LogP contribution in [0.4, 0.5) is 18.9 Å². The van der Waals surface area contributed by atoms with Gasteiger partial charge in [0, 0.05) is 25.9 Å². The molecule has 122 valence electrons. The Morgan fingerprint density at radius 3 is 2.82 bits per heavy atom. The molecule has 1 saturated heterocycles. The Labute approximate surface area is 125 Å². The van der Waals surface area contributed by atoms with Crippen LogP contribution in [0.2, 0.25) is 0 Å². The van der Waals surface area contributed by atoms with Crippen molar-refractivity contribution in [3.8, 4) is 0 Å². The Kier molecular flexibility index (Phi) is 4.92. The van der Waals surface area contributed by atoms with E-state index in [-0.39, 0.29) is 11.7 Å². The molecular weight excluding hydrogens is 301 g/mol. The smallest absolute Gasteiger partial charge is 0.382 e. The lowest BCUT2D eigenvalue weighted by Gasteiger charge is -2.35. The van der Waals surface area contributed by atoms with E-state index in [9.17, 15) is 18.0 Å². The van der Waals surface area contributed by atoms with E-state index in [2.05, 4.69) is 0 Å². The predicted molar refractivity (Wildman–Crippen MR) is 73.8 cm³/mol. The molecule has 1 heterocycles. The fraction of sp³-hybridized carbons (Fsp3) is 0.500. The molecule has 1 aliphatic heterocycles. The number of alkyl halides is 3. The van der Waals surface area contributed by atoms with Gasteiger partial charge in [-0.1, -0.05) is 0 Å². The molecule has 5 nitrogen and oxygen atoms in total. The van der Waals surface area contributed by atoms with Crippen LogP contribution in [0.15, 0.2) is 18.2 Å². The molecule has 22 heavy (non-hydrogen) atoms. The Morgan fingerprint density at radius 2 is 2.23 bits per heavy atom. The highest BCUT2D eigenvalue weighted by Crippen LogP contribution is 2.33. The average Bonchev–Trinajstić information content (AvgIpc) is 2.46. The monoisotopic (exact) mass is 318 g/mol. The number of halogens is 3. The predicted octanol–water partition coefficient (Wildman–Crippen LogP) is 1.66. The number of ether oxygens (including phenoxy) is 2. The first-order chi connectivity index (χ1) is 10.3. The van der Waals surface area contributed by atoms with E-state index in [0.29, 0.717) is 32.0 Å². The molecule has 0 unspecified atom stereocenters. The van der Waals surface area contributed by atoms with Crippen LogP contribution >= 0.6 is 0 Å². The molecule has 0 saturated carbocycles. The van der Waals surface area contributed by atoms with E-state index in [1.54, 1.807) is 4.90 Å². The van der Waals surface area contributed by atoms with Crippen LogP contribution in [0, 0.1) is 0 Å². The Morgan fingerprint density at radius 1 is 1.50 bits per heavy atom.